The van der Waals surface area contributed by atoms with Crippen molar-refractivity contribution in [3.63, 3.8) is 0 Å². The zero-order valence-electron chi connectivity index (χ0n) is 11.4. The van der Waals surface area contributed by atoms with E-state index in [2.05, 4.69) is 29.7 Å². The zero-order chi connectivity index (χ0) is 13.2. The van der Waals surface area contributed by atoms with Crippen LogP contribution >= 0.6 is 0 Å². The van der Waals surface area contributed by atoms with Crippen LogP contribution in [0, 0.1) is 11.8 Å². The van der Waals surface area contributed by atoms with E-state index >= 15 is 0 Å². The van der Waals surface area contributed by atoms with E-state index in [0.29, 0.717) is 18.4 Å². The first kappa shape index (κ1) is 12.7. The second-order valence-electron chi connectivity index (χ2n) is 5.87. The molecule has 1 aromatic rings. The number of nitrogens with one attached hydrogen (secondary N) is 2. The highest BCUT2D eigenvalue weighted by atomic mass is 16.3. The second-order valence-corrected chi connectivity index (χ2v) is 5.87. The number of hydrogen-bond acceptors (Lipinski definition) is 3. The van der Waals surface area contributed by atoms with E-state index in [-0.39, 0.29) is 5.91 Å². The first-order chi connectivity index (χ1) is 9.24. The van der Waals surface area contributed by atoms with E-state index in [1.165, 1.54) is 6.42 Å². The van der Waals surface area contributed by atoms with Crippen LogP contribution in [0.15, 0.2) is 16.5 Å². The van der Waals surface area contributed by atoms with E-state index < -0.39 is 0 Å². The van der Waals surface area contributed by atoms with Gasteiger partial charge in [-0.3, -0.25) is 4.79 Å². The van der Waals surface area contributed by atoms with Gasteiger partial charge in [0.05, 0.1) is 6.54 Å². The zero-order valence-corrected chi connectivity index (χ0v) is 11.4. The molecule has 2 unspecified atom stereocenters. The number of furan rings is 1. The molecular weight excluding hydrogens is 240 g/mol. The molecule has 4 nitrogen and oxygen atoms in total. The molecule has 1 aromatic heterocycles. The van der Waals surface area contributed by atoms with Gasteiger partial charge in [-0.1, -0.05) is 6.92 Å². The molecule has 2 aliphatic carbocycles. The third kappa shape index (κ3) is 3.38. The predicted molar refractivity (Wildman–Crippen MR) is 72.7 cm³/mol. The normalized spacial score (nSPS) is 25.3. The molecule has 0 bridgehead atoms. The van der Waals surface area contributed by atoms with Crippen LogP contribution in [0.5, 0.6) is 0 Å². The average molecular weight is 262 g/mol. The van der Waals surface area contributed by atoms with Gasteiger partial charge in [-0.05, 0) is 37.3 Å². The highest BCUT2D eigenvalue weighted by Crippen LogP contribution is 2.47. The van der Waals surface area contributed by atoms with E-state index in [4.69, 9.17) is 4.42 Å². The Kier molecular flexibility index (Phi) is 3.60. The number of carbonyl (C=O) groups excluding carboxylic acids is 1. The van der Waals surface area contributed by atoms with Crippen molar-refractivity contribution in [2.45, 2.75) is 38.6 Å². The highest BCUT2D eigenvalue weighted by Gasteiger charge is 2.36. The van der Waals surface area contributed by atoms with Crippen LogP contribution < -0.4 is 10.6 Å². The Hall–Kier alpha value is -1.29. The summed E-state index contributed by atoms with van der Waals surface area (Å²) in [5, 5.41) is 6.23. The van der Waals surface area contributed by atoms with Gasteiger partial charge in [0.1, 0.15) is 11.5 Å². The first-order valence-corrected chi connectivity index (χ1v) is 7.31. The van der Waals surface area contributed by atoms with Gasteiger partial charge in [-0.15, -0.1) is 0 Å². The van der Waals surface area contributed by atoms with Crippen LogP contribution in [0.1, 0.15) is 43.6 Å². The van der Waals surface area contributed by atoms with E-state index in [0.717, 1.165) is 43.4 Å². The maximum Gasteiger partial charge on any atom is 0.223 e. The van der Waals surface area contributed by atoms with Crippen LogP contribution in [-0.4, -0.2) is 19.0 Å². The van der Waals surface area contributed by atoms with E-state index in [9.17, 15) is 4.79 Å². The highest BCUT2D eigenvalue weighted by molar-refractivity contribution is 5.80. The van der Waals surface area contributed by atoms with Crippen molar-refractivity contribution in [3.8, 4) is 0 Å². The Morgan fingerprint density at radius 1 is 1.37 bits per heavy atom. The Bertz CT molecular complexity index is 451. The van der Waals surface area contributed by atoms with Crippen LogP contribution in [0.25, 0.3) is 0 Å². The van der Waals surface area contributed by atoms with Crippen LogP contribution in [0.2, 0.25) is 0 Å². The molecule has 2 N–H and O–H groups in total. The van der Waals surface area contributed by atoms with Crippen LogP contribution in [0.4, 0.5) is 0 Å². The topological polar surface area (TPSA) is 54.3 Å². The quantitative estimate of drug-likeness (QED) is 0.739. The van der Waals surface area contributed by atoms with Gasteiger partial charge in [-0.25, -0.2) is 0 Å². The van der Waals surface area contributed by atoms with Crippen molar-refractivity contribution >= 4 is 5.91 Å². The van der Waals surface area contributed by atoms with Gasteiger partial charge in [0.2, 0.25) is 5.91 Å². The molecule has 4 heteroatoms. The lowest BCUT2D eigenvalue weighted by atomic mass is 10.3. The Balaban J connectivity index is 1.31. The van der Waals surface area contributed by atoms with Crippen LogP contribution in [-0.2, 0) is 11.3 Å². The minimum Gasteiger partial charge on any atom is -0.464 e. The van der Waals surface area contributed by atoms with E-state index in [1.807, 2.05) is 0 Å². The van der Waals surface area contributed by atoms with Gasteiger partial charge in [0.25, 0.3) is 0 Å². The maximum atomic E-state index is 11.4. The molecule has 0 aliphatic heterocycles. The Morgan fingerprint density at radius 3 is 2.84 bits per heavy atom. The molecule has 3 rings (SSSR count). The third-order valence-electron chi connectivity index (χ3n) is 4.01. The molecule has 19 heavy (non-hydrogen) atoms. The molecule has 0 radical (unpaired) electrons. The summed E-state index contributed by atoms with van der Waals surface area (Å²) in [6.07, 6.45) is 3.38. The Morgan fingerprint density at radius 2 is 2.16 bits per heavy atom. The third-order valence-corrected chi connectivity index (χ3v) is 4.01. The summed E-state index contributed by atoms with van der Waals surface area (Å²) in [5.74, 6) is 4.06. The van der Waals surface area contributed by atoms with Crippen molar-refractivity contribution in [1.29, 1.82) is 0 Å². The smallest absolute Gasteiger partial charge is 0.223 e. The molecule has 2 saturated carbocycles. The molecule has 2 atom stereocenters. The molecule has 0 aromatic carbocycles. The Labute approximate surface area is 113 Å². The first-order valence-electron chi connectivity index (χ1n) is 7.31. The molecular formula is C15H22N2O2. The lowest BCUT2D eigenvalue weighted by Crippen LogP contribution is -2.32. The molecule has 1 amide bonds. The fourth-order valence-electron chi connectivity index (χ4n) is 2.38. The van der Waals surface area contributed by atoms with Crippen molar-refractivity contribution in [3.05, 3.63) is 23.7 Å². The lowest BCUT2D eigenvalue weighted by molar-refractivity contribution is -0.122. The summed E-state index contributed by atoms with van der Waals surface area (Å²) in [6, 6.07) is 4.15. The van der Waals surface area contributed by atoms with Crippen molar-refractivity contribution < 1.29 is 9.21 Å². The number of rotatable bonds is 7. The number of carbonyl (C=O) groups is 1. The second kappa shape index (κ2) is 5.37. The molecule has 2 fully saturated rings. The van der Waals surface area contributed by atoms with Gasteiger partial charge in [0, 0.05) is 24.9 Å². The minimum absolute atomic E-state index is 0.213. The SMILES string of the molecule is CC1CC1c1ccc(CNCCNC(=O)C2CC2)o1. The average Bonchev–Trinajstić information content (AvgIpc) is 3.30. The van der Waals surface area contributed by atoms with E-state index in [1.54, 1.807) is 0 Å². The van der Waals surface area contributed by atoms with Gasteiger partial charge < -0.3 is 15.1 Å². The maximum absolute atomic E-state index is 11.4. The molecule has 2 aliphatic rings. The molecule has 1 heterocycles. The summed E-state index contributed by atoms with van der Waals surface area (Å²) >= 11 is 0. The summed E-state index contributed by atoms with van der Waals surface area (Å²) in [4.78, 5) is 11.4. The van der Waals surface area contributed by atoms with Gasteiger partial charge in [0.15, 0.2) is 0 Å². The molecule has 104 valence electrons. The fraction of sp³-hybridized carbons (Fsp3) is 0.667. The lowest BCUT2D eigenvalue weighted by Gasteiger charge is -2.05. The minimum atomic E-state index is 0.213. The van der Waals surface area contributed by atoms with Gasteiger partial charge >= 0.3 is 0 Å². The summed E-state index contributed by atoms with van der Waals surface area (Å²) in [5.41, 5.74) is 0. The predicted octanol–water partition coefficient (Wildman–Crippen LogP) is 2.02. The summed E-state index contributed by atoms with van der Waals surface area (Å²) < 4.78 is 5.80. The number of hydrogen-bond donors (Lipinski definition) is 2. The molecule has 0 spiro atoms. The van der Waals surface area contributed by atoms with Crippen molar-refractivity contribution in [2.75, 3.05) is 13.1 Å². The van der Waals surface area contributed by atoms with Crippen LogP contribution in [0.3, 0.4) is 0 Å². The monoisotopic (exact) mass is 262 g/mol. The largest absolute Gasteiger partial charge is 0.464 e. The van der Waals surface area contributed by atoms with Crippen molar-refractivity contribution in [1.82, 2.24) is 10.6 Å². The van der Waals surface area contributed by atoms with Gasteiger partial charge in [-0.2, -0.15) is 0 Å². The standard InChI is InChI=1S/C15H22N2O2/c1-10-8-13(10)14-5-4-12(19-14)9-16-6-7-17-15(18)11-2-3-11/h4-5,10-11,13,16H,2-3,6-9H2,1H3,(H,17,18). The fourth-order valence-corrected chi connectivity index (χ4v) is 2.38. The summed E-state index contributed by atoms with van der Waals surface area (Å²) in [6.45, 7) is 4.48. The van der Waals surface area contributed by atoms with Crippen molar-refractivity contribution in [2.24, 2.45) is 11.8 Å². The molecule has 0 saturated heterocycles. The summed E-state index contributed by atoms with van der Waals surface area (Å²) in [7, 11) is 0. The number of amides is 1.